The first-order chi connectivity index (χ1) is 15.2. The van der Waals surface area contributed by atoms with Gasteiger partial charge in [0.05, 0.1) is 4.90 Å². The number of sulfonamides is 1. The van der Waals surface area contributed by atoms with Crippen molar-refractivity contribution in [3.8, 4) is 0 Å². The number of carbonyl (C=O) groups excluding carboxylic acids is 3. The second-order valence-electron chi connectivity index (χ2n) is 8.35. The molecule has 0 radical (unpaired) electrons. The van der Waals surface area contributed by atoms with Gasteiger partial charge < -0.3 is 0 Å². The molecule has 2 amide bonds. The van der Waals surface area contributed by atoms with Crippen LogP contribution in [0.4, 0.5) is 5.69 Å². The number of benzene rings is 2. The Kier molecular flexibility index (Phi) is 6.35. The number of fused-ring (bicyclic) bond motifs is 1. The van der Waals surface area contributed by atoms with Gasteiger partial charge in [0.25, 0.3) is 10.0 Å². The Morgan fingerprint density at radius 2 is 1.75 bits per heavy atom. The molecule has 1 aliphatic heterocycles. The van der Waals surface area contributed by atoms with Crippen molar-refractivity contribution < 1.29 is 22.8 Å². The molecule has 168 valence electrons. The molecule has 2 unspecified atom stereocenters. The van der Waals surface area contributed by atoms with E-state index in [1.807, 2.05) is 0 Å². The fourth-order valence-corrected chi connectivity index (χ4v) is 5.49. The molecule has 2 aromatic carbocycles. The third kappa shape index (κ3) is 5.02. The van der Waals surface area contributed by atoms with Gasteiger partial charge in [0, 0.05) is 35.0 Å². The summed E-state index contributed by atoms with van der Waals surface area (Å²) in [7, 11) is -3.80. The van der Waals surface area contributed by atoms with Gasteiger partial charge in [0.2, 0.25) is 11.8 Å². The Hall–Kier alpha value is -2.71. The number of halogens is 1. The molecular weight excluding hydrogens is 452 g/mol. The van der Waals surface area contributed by atoms with Crippen LogP contribution in [0.25, 0.3) is 0 Å². The van der Waals surface area contributed by atoms with Gasteiger partial charge in [-0.2, -0.15) is 0 Å². The molecule has 0 saturated carbocycles. The summed E-state index contributed by atoms with van der Waals surface area (Å²) < 4.78 is 27.7. The molecule has 32 heavy (non-hydrogen) atoms. The number of amides is 2. The molecule has 2 N–H and O–H groups in total. The van der Waals surface area contributed by atoms with E-state index >= 15 is 0 Å². The van der Waals surface area contributed by atoms with E-state index in [2.05, 4.69) is 10.0 Å². The van der Waals surface area contributed by atoms with Crippen LogP contribution in [-0.2, 0) is 26.0 Å². The normalized spacial score (nSPS) is 21.1. The van der Waals surface area contributed by atoms with E-state index in [1.54, 1.807) is 18.2 Å². The Bertz CT molecular complexity index is 1180. The van der Waals surface area contributed by atoms with E-state index in [1.165, 1.54) is 24.3 Å². The van der Waals surface area contributed by atoms with Gasteiger partial charge in [-0.1, -0.05) is 17.7 Å². The van der Waals surface area contributed by atoms with Crippen LogP contribution in [-0.4, -0.2) is 26.0 Å². The van der Waals surface area contributed by atoms with Crippen molar-refractivity contribution in [3.05, 3.63) is 58.6 Å². The van der Waals surface area contributed by atoms with Crippen LogP contribution < -0.4 is 10.0 Å². The van der Waals surface area contributed by atoms with Crippen LogP contribution >= 0.6 is 11.6 Å². The summed E-state index contributed by atoms with van der Waals surface area (Å²) in [5.41, 5.74) is 1.73. The molecule has 0 bridgehead atoms. The van der Waals surface area contributed by atoms with Crippen LogP contribution in [0, 0.1) is 11.8 Å². The summed E-state index contributed by atoms with van der Waals surface area (Å²) in [6, 6.07) is 10.9. The van der Waals surface area contributed by atoms with Gasteiger partial charge in [0.15, 0.2) is 5.78 Å². The van der Waals surface area contributed by atoms with Crippen molar-refractivity contribution >= 4 is 44.9 Å². The predicted molar refractivity (Wildman–Crippen MR) is 120 cm³/mol. The smallest absolute Gasteiger partial charge is 0.261 e. The minimum Gasteiger partial charge on any atom is -0.296 e. The quantitative estimate of drug-likeness (QED) is 0.620. The minimum absolute atomic E-state index is 0.0351. The zero-order valence-electron chi connectivity index (χ0n) is 17.3. The van der Waals surface area contributed by atoms with Crippen LogP contribution in [0.1, 0.15) is 48.0 Å². The van der Waals surface area contributed by atoms with Crippen LogP contribution in [0.3, 0.4) is 0 Å². The monoisotopic (exact) mass is 474 g/mol. The van der Waals surface area contributed by atoms with Crippen molar-refractivity contribution in [1.29, 1.82) is 0 Å². The molecular formula is C23H23ClN2O5S. The molecule has 1 heterocycles. The first-order valence-electron chi connectivity index (χ1n) is 10.5. The standard InChI is InChI=1S/C23H23ClN2O5S/c24-17-5-8-19(9-6-17)32(30,31)26-18-7-3-16-11-14(12-21(27)20(16)13-18)1-2-15-4-10-22(28)25-23(15)29/h3,5-9,13-15,26H,1-2,4,10-12H2,(H,25,28,29). The maximum absolute atomic E-state index is 12.8. The third-order valence-corrected chi connectivity index (χ3v) is 7.69. The lowest BCUT2D eigenvalue weighted by Gasteiger charge is -2.27. The van der Waals surface area contributed by atoms with Crippen LogP contribution in [0.2, 0.25) is 5.02 Å². The lowest BCUT2D eigenvalue weighted by molar-refractivity contribution is -0.136. The zero-order valence-corrected chi connectivity index (χ0v) is 18.8. The first kappa shape index (κ1) is 22.5. The average Bonchev–Trinajstić information content (AvgIpc) is 2.74. The first-order valence-corrected chi connectivity index (χ1v) is 12.4. The minimum atomic E-state index is -3.80. The number of hydrogen-bond donors (Lipinski definition) is 2. The highest BCUT2D eigenvalue weighted by Gasteiger charge is 2.30. The number of carbonyl (C=O) groups is 3. The highest BCUT2D eigenvalue weighted by molar-refractivity contribution is 7.92. The highest BCUT2D eigenvalue weighted by atomic mass is 35.5. The van der Waals surface area contributed by atoms with Gasteiger partial charge in [-0.05, 0) is 73.6 Å². The van der Waals surface area contributed by atoms with E-state index < -0.39 is 10.0 Å². The van der Waals surface area contributed by atoms with E-state index in [4.69, 9.17) is 11.6 Å². The maximum atomic E-state index is 12.8. The van der Waals surface area contributed by atoms with Gasteiger partial charge in [-0.3, -0.25) is 24.4 Å². The number of ketones is 1. The average molecular weight is 475 g/mol. The van der Waals surface area contributed by atoms with Gasteiger partial charge >= 0.3 is 0 Å². The Balaban J connectivity index is 1.42. The number of piperidine rings is 1. The van der Waals surface area contributed by atoms with Gasteiger partial charge in [0.1, 0.15) is 0 Å². The SMILES string of the molecule is O=C1CCC(CCC2CC(=O)c3cc(NS(=O)(=O)c4ccc(Cl)cc4)ccc3C2)C(=O)N1. The molecule has 7 nitrogen and oxygen atoms in total. The van der Waals surface area contributed by atoms with E-state index in [0.717, 1.165) is 12.0 Å². The maximum Gasteiger partial charge on any atom is 0.261 e. The molecule has 2 atom stereocenters. The second-order valence-corrected chi connectivity index (χ2v) is 10.5. The lowest BCUT2D eigenvalue weighted by atomic mass is 9.79. The summed E-state index contributed by atoms with van der Waals surface area (Å²) in [5, 5.41) is 2.81. The fourth-order valence-electron chi connectivity index (χ4n) is 4.32. The fraction of sp³-hybridized carbons (Fsp3) is 0.348. The summed E-state index contributed by atoms with van der Waals surface area (Å²) >= 11 is 5.82. The molecule has 1 fully saturated rings. The molecule has 0 spiro atoms. The van der Waals surface area contributed by atoms with E-state index in [-0.39, 0.29) is 34.3 Å². The molecule has 2 aliphatic rings. The van der Waals surface area contributed by atoms with Crippen molar-refractivity contribution in [2.75, 3.05) is 4.72 Å². The molecule has 1 saturated heterocycles. The number of hydrogen-bond acceptors (Lipinski definition) is 5. The van der Waals surface area contributed by atoms with Crippen LogP contribution in [0.15, 0.2) is 47.4 Å². The Morgan fingerprint density at radius 3 is 2.47 bits per heavy atom. The number of anilines is 1. The van der Waals surface area contributed by atoms with E-state index in [9.17, 15) is 22.8 Å². The zero-order chi connectivity index (χ0) is 22.9. The topological polar surface area (TPSA) is 109 Å². The molecule has 4 rings (SSSR count). The summed E-state index contributed by atoms with van der Waals surface area (Å²) in [6.45, 7) is 0. The van der Waals surface area contributed by atoms with Crippen molar-refractivity contribution in [2.24, 2.45) is 11.8 Å². The predicted octanol–water partition coefficient (Wildman–Crippen LogP) is 3.72. The number of imide groups is 1. The van der Waals surface area contributed by atoms with Crippen LogP contribution in [0.5, 0.6) is 0 Å². The summed E-state index contributed by atoms with van der Waals surface area (Å²) in [6.07, 6.45) is 3.33. The number of Topliss-reactive ketones (excluding diaryl/α,β-unsaturated/α-hetero) is 1. The Morgan fingerprint density at radius 1 is 1.00 bits per heavy atom. The third-order valence-electron chi connectivity index (χ3n) is 6.05. The number of nitrogens with one attached hydrogen (secondary N) is 2. The molecule has 1 aliphatic carbocycles. The summed E-state index contributed by atoms with van der Waals surface area (Å²) in [4.78, 5) is 36.1. The van der Waals surface area contributed by atoms with Gasteiger partial charge in [-0.15, -0.1) is 0 Å². The van der Waals surface area contributed by atoms with Crippen molar-refractivity contribution in [1.82, 2.24) is 5.32 Å². The Labute approximate surface area is 191 Å². The second kappa shape index (κ2) is 9.03. The largest absolute Gasteiger partial charge is 0.296 e. The highest BCUT2D eigenvalue weighted by Crippen LogP contribution is 2.32. The lowest BCUT2D eigenvalue weighted by Crippen LogP contribution is -2.40. The number of rotatable bonds is 6. The molecule has 9 heteroatoms. The van der Waals surface area contributed by atoms with Crippen molar-refractivity contribution in [3.63, 3.8) is 0 Å². The van der Waals surface area contributed by atoms with Crippen molar-refractivity contribution in [2.45, 2.75) is 43.4 Å². The van der Waals surface area contributed by atoms with E-state index in [0.29, 0.717) is 48.4 Å². The molecule has 0 aromatic heterocycles. The summed E-state index contributed by atoms with van der Waals surface area (Å²) in [5.74, 6) is -0.546. The molecule has 2 aromatic rings. The van der Waals surface area contributed by atoms with Gasteiger partial charge in [-0.25, -0.2) is 8.42 Å².